The van der Waals surface area contributed by atoms with Gasteiger partial charge in [0.05, 0.1) is 4.90 Å². The third-order valence-electron chi connectivity index (χ3n) is 2.34. The number of hydrogen-bond donors (Lipinski definition) is 3. The van der Waals surface area contributed by atoms with Crippen LogP contribution >= 0.6 is 0 Å². The quantitative estimate of drug-likeness (QED) is 0.321. The SMILES string of the molecule is CC(CC(N)=NO)Nc1ccc(S(C)(=O)=O)cc1. The third-order valence-corrected chi connectivity index (χ3v) is 3.47. The van der Waals surface area contributed by atoms with Gasteiger partial charge in [0.2, 0.25) is 0 Å². The molecule has 0 aliphatic rings. The highest BCUT2D eigenvalue weighted by molar-refractivity contribution is 7.90. The molecule has 0 aromatic heterocycles. The molecule has 0 spiro atoms. The number of nitrogens with zero attached hydrogens (tertiary/aromatic N) is 1. The van der Waals surface area contributed by atoms with E-state index in [0.29, 0.717) is 6.42 Å². The Hall–Kier alpha value is -1.76. The number of hydrogen-bond acceptors (Lipinski definition) is 5. The Balaban J connectivity index is 2.70. The van der Waals surface area contributed by atoms with Gasteiger partial charge in [-0.05, 0) is 31.2 Å². The predicted octanol–water partition coefficient (Wildman–Crippen LogP) is 1.03. The monoisotopic (exact) mass is 271 g/mol. The number of oxime groups is 1. The van der Waals surface area contributed by atoms with Gasteiger partial charge in [0.1, 0.15) is 5.84 Å². The van der Waals surface area contributed by atoms with Gasteiger partial charge in [-0.1, -0.05) is 5.16 Å². The molecule has 0 heterocycles. The van der Waals surface area contributed by atoms with E-state index in [0.717, 1.165) is 11.9 Å². The summed E-state index contributed by atoms with van der Waals surface area (Å²) in [6.45, 7) is 1.88. The van der Waals surface area contributed by atoms with Crippen molar-refractivity contribution in [3.63, 3.8) is 0 Å². The Labute approximate surface area is 106 Å². The minimum atomic E-state index is -3.17. The molecule has 1 rings (SSSR count). The summed E-state index contributed by atoms with van der Waals surface area (Å²) >= 11 is 0. The lowest BCUT2D eigenvalue weighted by atomic mass is 10.2. The van der Waals surface area contributed by atoms with E-state index in [2.05, 4.69) is 10.5 Å². The van der Waals surface area contributed by atoms with Crippen LogP contribution in [0.5, 0.6) is 0 Å². The molecular formula is C11H17N3O3S. The minimum absolute atomic E-state index is 0.0232. The number of nitrogens with two attached hydrogens (primary N) is 1. The van der Waals surface area contributed by atoms with Crippen LogP contribution in [0.2, 0.25) is 0 Å². The molecule has 6 nitrogen and oxygen atoms in total. The smallest absolute Gasteiger partial charge is 0.175 e. The van der Waals surface area contributed by atoms with E-state index in [1.807, 2.05) is 6.92 Å². The number of sulfone groups is 1. The van der Waals surface area contributed by atoms with E-state index in [9.17, 15) is 8.42 Å². The summed E-state index contributed by atoms with van der Waals surface area (Å²) in [4.78, 5) is 0.275. The maximum absolute atomic E-state index is 11.3. The number of rotatable bonds is 5. The van der Waals surface area contributed by atoms with Gasteiger partial charge in [-0.2, -0.15) is 0 Å². The van der Waals surface area contributed by atoms with Crippen LogP contribution in [0.1, 0.15) is 13.3 Å². The van der Waals surface area contributed by atoms with Gasteiger partial charge in [-0.15, -0.1) is 0 Å². The first-order valence-corrected chi connectivity index (χ1v) is 7.25. The summed E-state index contributed by atoms with van der Waals surface area (Å²) < 4.78 is 22.5. The van der Waals surface area contributed by atoms with Gasteiger partial charge in [0, 0.05) is 24.4 Å². The topological polar surface area (TPSA) is 105 Å². The van der Waals surface area contributed by atoms with Crippen LogP contribution in [0.4, 0.5) is 5.69 Å². The lowest BCUT2D eigenvalue weighted by Crippen LogP contribution is -2.24. The highest BCUT2D eigenvalue weighted by Gasteiger charge is 2.08. The van der Waals surface area contributed by atoms with Crippen LogP contribution in [0, 0.1) is 0 Å². The van der Waals surface area contributed by atoms with Gasteiger partial charge in [-0.25, -0.2) is 8.42 Å². The molecule has 1 atom stereocenters. The summed E-state index contributed by atoms with van der Waals surface area (Å²) in [6.07, 6.45) is 1.56. The molecule has 0 saturated heterocycles. The first kappa shape index (κ1) is 14.3. The van der Waals surface area contributed by atoms with E-state index in [4.69, 9.17) is 10.9 Å². The molecule has 100 valence electrons. The van der Waals surface area contributed by atoms with E-state index in [1.165, 1.54) is 12.1 Å². The number of anilines is 1. The molecule has 1 unspecified atom stereocenters. The van der Waals surface area contributed by atoms with Crippen LogP contribution in [-0.2, 0) is 9.84 Å². The number of amidine groups is 1. The van der Waals surface area contributed by atoms with E-state index in [-0.39, 0.29) is 16.8 Å². The largest absolute Gasteiger partial charge is 0.409 e. The molecule has 0 bridgehead atoms. The number of benzene rings is 1. The van der Waals surface area contributed by atoms with Crippen molar-refractivity contribution in [2.75, 3.05) is 11.6 Å². The lowest BCUT2D eigenvalue weighted by Gasteiger charge is -2.14. The molecule has 7 heteroatoms. The van der Waals surface area contributed by atoms with Crippen molar-refractivity contribution >= 4 is 21.4 Å². The van der Waals surface area contributed by atoms with Crippen LogP contribution in [0.25, 0.3) is 0 Å². The molecule has 1 aromatic carbocycles. The van der Waals surface area contributed by atoms with Gasteiger partial charge < -0.3 is 16.3 Å². The highest BCUT2D eigenvalue weighted by atomic mass is 32.2. The summed E-state index contributed by atoms with van der Waals surface area (Å²) in [7, 11) is -3.17. The number of nitrogens with one attached hydrogen (secondary N) is 1. The lowest BCUT2D eigenvalue weighted by molar-refractivity contribution is 0.316. The predicted molar refractivity (Wildman–Crippen MR) is 70.7 cm³/mol. The minimum Gasteiger partial charge on any atom is -0.409 e. The molecule has 0 saturated carbocycles. The van der Waals surface area contributed by atoms with Crippen molar-refractivity contribution < 1.29 is 13.6 Å². The maximum atomic E-state index is 11.3. The Morgan fingerprint density at radius 2 is 2.00 bits per heavy atom. The van der Waals surface area contributed by atoms with Crippen LogP contribution in [0.15, 0.2) is 34.3 Å². The summed E-state index contributed by atoms with van der Waals surface area (Å²) in [5.41, 5.74) is 6.17. The third kappa shape index (κ3) is 4.25. The molecule has 0 aliphatic heterocycles. The normalized spacial score (nSPS) is 14.2. The molecule has 0 fully saturated rings. The van der Waals surface area contributed by atoms with Gasteiger partial charge in [0.15, 0.2) is 9.84 Å². The van der Waals surface area contributed by atoms with Gasteiger partial charge >= 0.3 is 0 Å². The molecule has 4 N–H and O–H groups in total. The average molecular weight is 271 g/mol. The molecule has 0 amide bonds. The van der Waals surface area contributed by atoms with Crippen molar-refractivity contribution in [1.29, 1.82) is 0 Å². The van der Waals surface area contributed by atoms with Crippen molar-refractivity contribution in [1.82, 2.24) is 0 Å². The highest BCUT2D eigenvalue weighted by Crippen LogP contribution is 2.15. The zero-order valence-corrected chi connectivity index (χ0v) is 11.1. The maximum Gasteiger partial charge on any atom is 0.175 e. The molecule has 0 radical (unpaired) electrons. The first-order valence-electron chi connectivity index (χ1n) is 5.36. The van der Waals surface area contributed by atoms with Crippen LogP contribution in [-0.4, -0.2) is 31.8 Å². The standard InChI is InChI=1S/C11H17N3O3S/c1-8(7-11(12)14-15)13-9-3-5-10(6-4-9)18(2,16)17/h3-6,8,13,15H,7H2,1-2H3,(H2,12,14). The molecule has 18 heavy (non-hydrogen) atoms. The summed E-state index contributed by atoms with van der Waals surface area (Å²) in [5.74, 6) is 0.141. The molecular weight excluding hydrogens is 254 g/mol. The Kier molecular flexibility index (Phi) is 4.55. The summed E-state index contributed by atoms with van der Waals surface area (Å²) in [5, 5.41) is 14.5. The van der Waals surface area contributed by atoms with E-state index >= 15 is 0 Å². The Bertz CT molecular complexity index is 523. The molecule has 1 aromatic rings. The molecule has 0 aliphatic carbocycles. The first-order chi connectivity index (χ1) is 8.32. The van der Waals surface area contributed by atoms with Gasteiger partial charge in [0.25, 0.3) is 0 Å². The zero-order valence-electron chi connectivity index (χ0n) is 10.3. The second kappa shape index (κ2) is 5.72. The second-order valence-electron chi connectivity index (χ2n) is 4.14. The van der Waals surface area contributed by atoms with E-state index in [1.54, 1.807) is 12.1 Å². The fraction of sp³-hybridized carbons (Fsp3) is 0.364. The second-order valence-corrected chi connectivity index (χ2v) is 6.15. The Morgan fingerprint density at radius 3 is 2.44 bits per heavy atom. The van der Waals surface area contributed by atoms with Crippen molar-refractivity contribution in [2.45, 2.75) is 24.3 Å². The Morgan fingerprint density at radius 1 is 1.44 bits per heavy atom. The van der Waals surface area contributed by atoms with Crippen LogP contribution in [0.3, 0.4) is 0 Å². The fourth-order valence-corrected chi connectivity index (χ4v) is 2.12. The van der Waals surface area contributed by atoms with Crippen molar-refractivity contribution in [3.05, 3.63) is 24.3 Å². The van der Waals surface area contributed by atoms with Crippen molar-refractivity contribution in [2.24, 2.45) is 10.9 Å². The van der Waals surface area contributed by atoms with Crippen molar-refractivity contribution in [3.8, 4) is 0 Å². The summed E-state index contributed by atoms with van der Waals surface area (Å²) in [6, 6.07) is 6.41. The zero-order chi connectivity index (χ0) is 13.8. The average Bonchev–Trinajstić information content (AvgIpc) is 2.28. The van der Waals surface area contributed by atoms with Gasteiger partial charge in [-0.3, -0.25) is 0 Å². The fourth-order valence-electron chi connectivity index (χ4n) is 1.49. The van der Waals surface area contributed by atoms with Crippen LogP contribution < -0.4 is 11.1 Å². The van der Waals surface area contributed by atoms with E-state index < -0.39 is 9.84 Å².